The van der Waals surface area contributed by atoms with Crippen molar-refractivity contribution in [2.45, 2.75) is 6.92 Å². The summed E-state index contributed by atoms with van der Waals surface area (Å²) < 4.78 is 1.87. The molecule has 3 aromatic rings. The maximum Gasteiger partial charge on any atom is 0.159 e. The summed E-state index contributed by atoms with van der Waals surface area (Å²) in [5, 5.41) is 5.35. The van der Waals surface area contributed by atoms with E-state index in [9.17, 15) is 4.79 Å². The number of nitrogens with zero attached hydrogens (tertiary/aromatic N) is 2. The highest BCUT2D eigenvalue weighted by atomic mass is 16.1. The monoisotopic (exact) mass is 236 g/mol. The van der Waals surface area contributed by atoms with Gasteiger partial charge in [0, 0.05) is 10.9 Å². The Morgan fingerprint density at radius 2 is 1.89 bits per heavy atom. The van der Waals surface area contributed by atoms with Crippen LogP contribution in [0.15, 0.2) is 54.7 Å². The van der Waals surface area contributed by atoms with E-state index in [2.05, 4.69) is 5.10 Å². The average molecular weight is 236 g/mol. The van der Waals surface area contributed by atoms with Gasteiger partial charge < -0.3 is 0 Å². The molecule has 18 heavy (non-hydrogen) atoms. The molecule has 0 spiro atoms. The summed E-state index contributed by atoms with van der Waals surface area (Å²) in [6, 6.07) is 15.6. The Morgan fingerprint density at radius 1 is 1.11 bits per heavy atom. The van der Waals surface area contributed by atoms with Crippen molar-refractivity contribution in [3.63, 3.8) is 0 Å². The second-order valence-corrected chi connectivity index (χ2v) is 4.22. The molecule has 0 radical (unpaired) electrons. The van der Waals surface area contributed by atoms with Crippen molar-refractivity contribution in [3.8, 4) is 5.69 Å². The van der Waals surface area contributed by atoms with Crippen LogP contribution in [0, 0.1) is 0 Å². The van der Waals surface area contributed by atoms with Gasteiger partial charge >= 0.3 is 0 Å². The molecule has 0 bridgehead atoms. The Balaban J connectivity index is 2.19. The number of Topliss-reactive ketones (excluding diaryl/α,β-unsaturated/α-hetero) is 1. The van der Waals surface area contributed by atoms with Gasteiger partial charge in [-0.3, -0.25) is 4.79 Å². The zero-order chi connectivity index (χ0) is 12.5. The van der Waals surface area contributed by atoms with Crippen molar-refractivity contribution in [1.29, 1.82) is 0 Å². The SMILES string of the molecule is CC(=O)c1ccc2c(cnn2-c2ccccc2)c1. The summed E-state index contributed by atoms with van der Waals surface area (Å²) in [6.07, 6.45) is 1.79. The molecule has 0 saturated carbocycles. The summed E-state index contributed by atoms with van der Waals surface area (Å²) in [5.74, 6) is 0.0735. The highest BCUT2D eigenvalue weighted by molar-refractivity contribution is 5.98. The largest absolute Gasteiger partial charge is 0.295 e. The maximum atomic E-state index is 11.3. The first-order chi connectivity index (χ1) is 8.75. The lowest BCUT2D eigenvalue weighted by atomic mass is 10.1. The van der Waals surface area contributed by atoms with Crippen LogP contribution < -0.4 is 0 Å². The van der Waals surface area contributed by atoms with Gasteiger partial charge in [-0.1, -0.05) is 18.2 Å². The number of fused-ring (bicyclic) bond motifs is 1. The zero-order valence-corrected chi connectivity index (χ0v) is 10.00. The van der Waals surface area contributed by atoms with Gasteiger partial charge in [0.1, 0.15) is 0 Å². The third-order valence-electron chi connectivity index (χ3n) is 2.98. The Hall–Kier alpha value is -2.42. The molecule has 0 saturated heterocycles. The first-order valence-electron chi connectivity index (χ1n) is 5.80. The van der Waals surface area contributed by atoms with Crippen molar-refractivity contribution in [2.75, 3.05) is 0 Å². The Labute approximate surface area is 105 Å². The van der Waals surface area contributed by atoms with E-state index in [4.69, 9.17) is 0 Å². The molecular weight excluding hydrogens is 224 g/mol. The molecule has 0 unspecified atom stereocenters. The van der Waals surface area contributed by atoms with E-state index >= 15 is 0 Å². The lowest BCUT2D eigenvalue weighted by Gasteiger charge is -2.03. The normalized spacial score (nSPS) is 10.7. The van der Waals surface area contributed by atoms with Crippen LogP contribution in [0.4, 0.5) is 0 Å². The van der Waals surface area contributed by atoms with Crippen LogP contribution in [0.5, 0.6) is 0 Å². The van der Waals surface area contributed by atoms with Crippen LogP contribution in [0.3, 0.4) is 0 Å². The molecule has 3 heteroatoms. The number of hydrogen-bond donors (Lipinski definition) is 0. The molecule has 0 N–H and O–H groups in total. The second kappa shape index (κ2) is 4.11. The maximum absolute atomic E-state index is 11.3. The fourth-order valence-corrected chi connectivity index (χ4v) is 2.03. The zero-order valence-electron chi connectivity index (χ0n) is 10.00. The lowest BCUT2D eigenvalue weighted by molar-refractivity contribution is 0.101. The molecule has 0 atom stereocenters. The minimum absolute atomic E-state index is 0.0735. The Bertz CT molecular complexity index is 714. The number of para-hydroxylation sites is 1. The van der Waals surface area contributed by atoms with Crippen LogP contribution in [0.25, 0.3) is 16.6 Å². The summed E-state index contributed by atoms with van der Waals surface area (Å²) in [5.41, 5.74) is 2.74. The second-order valence-electron chi connectivity index (χ2n) is 4.22. The highest BCUT2D eigenvalue weighted by Crippen LogP contribution is 2.19. The van der Waals surface area contributed by atoms with Crippen molar-refractivity contribution in [2.24, 2.45) is 0 Å². The molecule has 0 aliphatic rings. The molecule has 1 heterocycles. The standard InChI is InChI=1S/C15H12N2O/c1-11(18)12-7-8-15-13(9-12)10-16-17(15)14-5-3-2-4-6-14/h2-10H,1H3. The van der Waals surface area contributed by atoms with Crippen LogP contribution in [-0.2, 0) is 0 Å². The van der Waals surface area contributed by atoms with Crippen molar-refractivity contribution < 1.29 is 4.79 Å². The fourth-order valence-electron chi connectivity index (χ4n) is 2.03. The molecule has 0 aliphatic carbocycles. The lowest BCUT2D eigenvalue weighted by Crippen LogP contribution is -1.96. The van der Waals surface area contributed by atoms with Gasteiger partial charge in [-0.15, -0.1) is 0 Å². The number of carbonyl (C=O) groups excluding carboxylic acids is 1. The van der Waals surface area contributed by atoms with Gasteiger partial charge in [0.2, 0.25) is 0 Å². The van der Waals surface area contributed by atoms with E-state index in [0.717, 1.165) is 22.2 Å². The quantitative estimate of drug-likeness (QED) is 0.640. The number of benzene rings is 2. The number of rotatable bonds is 2. The predicted molar refractivity (Wildman–Crippen MR) is 71.1 cm³/mol. The molecule has 0 fully saturated rings. The van der Waals surface area contributed by atoms with E-state index < -0.39 is 0 Å². The molecule has 3 rings (SSSR count). The molecule has 1 aromatic heterocycles. The van der Waals surface area contributed by atoms with E-state index in [1.807, 2.05) is 53.2 Å². The van der Waals surface area contributed by atoms with Crippen molar-refractivity contribution in [1.82, 2.24) is 9.78 Å². The number of aromatic nitrogens is 2. The molecule has 0 amide bonds. The van der Waals surface area contributed by atoms with E-state index in [0.29, 0.717) is 0 Å². The number of carbonyl (C=O) groups is 1. The Kier molecular flexibility index (Phi) is 2.45. The van der Waals surface area contributed by atoms with Crippen LogP contribution >= 0.6 is 0 Å². The van der Waals surface area contributed by atoms with Gasteiger partial charge in [0.05, 0.1) is 17.4 Å². The fraction of sp³-hybridized carbons (Fsp3) is 0.0667. The first-order valence-corrected chi connectivity index (χ1v) is 5.80. The number of ketones is 1. The highest BCUT2D eigenvalue weighted by Gasteiger charge is 2.06. The topological polar surface area (TPSA) is 34.9 Å². The predicted octanol–water partition coefficient (Wildman–Crippen LogP) is 3.23. The summed E-state index contributed by atoms with van der Waals surface area (Å²) in [6.45, 7) is 1.57. The summed E-state index contributed by atoms with van der Waals surface area (Å²) in [7, 11) is 0. The van der Waals surface area contributed by atoms with Gasteiger partial charge in [-0.25, -0.2) is 4.68 Å². The van der Waals surface area contributed by atoms with Crippen LogP contribution in [0.2, 0.25) is 0 Å². The first kappa shape index (κ1) is 10.7. The number of hydrogen-bond acceptors (Lipinski definition) is 2. The van der Waals surface area contributed by atoms with Gasteiger partial charge in [0.15, 0.2) is 5.78 Å². The summed E-state index contributed by atoms with van der Waals surface area (Å²) >= 11 is 0. The summed E-state index contributed by atoms with van der Waals surface area (Å²) in [4.78, 5) is 11.3. The minimum atomic E-state index is 0.0735. The molecule has 3 nitrogen and oxygen atoms in total. The smallest absolute Gasteiger partial charge is 0.159 e. The Morgan fingerprint density at radius 3 is 2.61 bits per heavy atom. The average Bonchev–Trinajstić information content (AvgIpc) is 2.82. The van der Waals surface area contributed by atoms with E-state index in [-0.39, 0.29) is 5.78 Å². The third-order valence-corrected chi connectivity index (χ3v) is 2.98. The van der Waals surface area contributed by atoms with Gasteiger partial charge in [-0.05, 0) is 37.3 Å². The van der Waals surface area contributed by atoms with Crippen molar-refractivity contribution >= 4 is 16.7 Å². The minimum Gasteiger partial charge on any atom is -0.295 e. The molecule has 2 aromatic carbocycles. The van der Waals surface area contributed by atoms with Gasteiger partial charge in [0.25, 0.3) is 0 Å². The molecule has 0 aliphatic heterocycles. The third kappa shape index (κ3) is 1.70. The van der Waals surface area contributed by atoms with Crippen molar-refractivity contribution in [3.05, 3.63) is 60.3 Å². The molecule has 88 valence electrons. The van der Waals surface area contributed by atoms with E-state index in [1.165, 1.54) is 0 Å². The van der Waals surface area contributed by atoms with Crippen LogP contribution in [-0.4, -0.2) is 15.6 Å². The molecular formula is C15H12N2O. The van der Waals surface area contributed by atoms with Gasteiger partial charge in [-0.2, -0.15) is 5.10 Å². The van der Waals surface area contributed by atoms with E-state index in [1.54, 1.807) is 13.1 Å². The van der Waals surface area contributed by atoms with Crippen LogP contribution in [0.1, 0.15) is 17.3 Å².